The largest absolute Gasteiger partial charge is 0.497 e. The monoisotopic (exact) mass is 350 g/mol. The van der Waals surface area contributed by atoms with E-state index in [1.54, 1.807) is 45.2 Å². The molecule has 0 bridgehead atoms. The summed E-state index contributed by atoms with van der Waals surface area (Å²) in [6, 6.07) is 6.72. The first kappa shape index (κ1) is 16.5. The summed E-state index contributed by atoms with van der Waals surface area (Å²) in [6.45, 7) is 3.30. The maximum atomic E-state index is 12.2. The second-order valence-electron chi connectivity index (χ2n) is 4.22. The van der Waals surface area contributed by atoms with Gasteiger partial charge < -0.3 is 9.84 Å². The van der Waals surface area contributed by atoms with Crippen LogP contribution in [-0.4, -0.2) is 30.0 Å². The van der Waals surface area contributed by atoms with E-state index in [4.69, 9.17) is 4.74 Å². The molecule has 0 heterocycles. The molecule has 2 atom stereocenters. The molecule has 0 aliphatic carbocycles. The molecule has 0 spiro atoms. The molecular formula is C13H19BrO4S. The molecule has 0 aromatic heterocycles. The summed E-state index contributed by atoms with van der Waals surface area (Å²) in [5, 5.41) is 10.4. The molecule has 0 saturated carbocycles. The lowest BCUT2D eigenvalue weighted by atomic mass is 10.0. The van der Waals surface area contributed by atoms with Crippen LogP contribution in [0.15, 0.2) is 24.3 Å². The third kappa shape index (κ3) is 3.12. The minimum absolute atomic E-state index is 0.0285. The van der Waals surface area contributed by atoms with Crippen LogP contribution in [-0.2, 0) is 9.84 Å². The Morgan fingerprint density at radius 3 is 2.21 bits per heavy atom. The van der Waals surface area contributed by atoms with Gasteiger partial charge in [-0.3, -0.25) is 0 Å². The van der Waals surface area contributed by atoms with Gasteiger partial charge in [0.25, 0.3) is 0 Å². The van der Waals surface area contributed by atoms with Crippen LogP contribution in [0.5, 0.6) is 5.75 Å². The second-order valence-corrected chi connectivity index (χ2v) is 8.69. The van der Waals surface area contributed by atoms with Crippen molar-refractivity contribution in [1.29, 1.82) is 0 Å². The van der Waals surface area contributed by atoms with Crippen LogP contribution in [0.1, 0.15) is 31.9 Å². The van der Waals surface area contributed by atoms with Gasteiger partial charge in [0.2, 0.25) is 0 Å². The second kappa shape index (κ2) is 6.24. The molecule has 0 amide bonds. The van der Waals surface area contributed by atoms with Crippen molar-refractivity contribution in [3.8, 4) is 5.75 Å². The summed E-state index contributed by atoms with van der Waals surface area (Å²) < 4.78 is 28.0. The third-order valence-corrected chi connectivity index (χ3v) is 8.00. The van der Waals surface area contributed by atoms with Crippen LogP contribution in [0.25, 0.3) is 0 Å². The number of hydrogen-bond acceptors (Lipinski definition) is 4. The number of halogens is 1. The van der Waals surface area contributed by atoms with Crippen LogP contribution < -0.4 is 4.74 Å². The van der Waals surface area contributed by atoms with Gasteiger partial charge in [-0.25, -0.2) is 8.42 Å². The lowest BCUT2D eigenvalue weighted by Crippen LogP contribution is -2.39. The van der Waals surface area contributed by atoms with E-state index in [1.807, 2.05) is 0 Å². The first-order valence-electron chi connectivity index (χ1n) is 6.05. The van der Waals surface area contributed by atoms with Gasteiger partial charge >= 0.3 is 0 Å². The van der Waals surface area contributed by atoms with E-state index in [-0.39, 0.29) is 12.2 Å². The van der Waals surface area contributed by atoms with Crippen LogP contribution in [0, 0.1) is 0 Å². The summed E-state index contributed by atoms with van der Waals surface area (Å²) in [4.78, 5) is 0. The van der Waals surface area contributed by atoms with Crippen molar-refractivity contribution in [2.45, 2.75) is 30.0 Å². The van der Waals surface area contributed by atoms with E-state index in [1.165, 1.54) is 0 Å². The maximum Gasteiger partial charge on any atom is 0.168 e. The van der Waals surface area contributed by atoms with Gasteiger partial charge in [0.05, 0.1) is 7.11 Å². The van der Waals surface area contributed by atoms with E-state index >= 15 is 0 Å². The number of sulfone groups is 1. The summed E-state index contributed by atoms with van der Waals surface area (Å²) in [7, 11) is -1.89. The summed E-state index contributed by atoms with van der Waals surface area (Å²) in [5.41, 5.74) is 0.538. The first-order valence-corrected chi connectivity index (χ1v) is 8.50. The van der Waals surface area contributed by atoms with E-state index in [0.29, 0.717) is 11.3 Å². The Morgan fingerprint density at radius 2 is 1.84 bits per heavy atom. The minimum atomic E-state index is -3.44. The first-order chi connectivity index (χ1) is 8.82. The van der Waals surface area contributed by atoms with Crippen molar-refractivity contribution in [3.05, 3.63) is 29.8 Å². The minimum Gasteiger partial charge on any atom is -0.497 e. The van der Waals surface area contributed by atoms with Gasteiger partial charge in [-0.05, 0) is 24.1 Å². The fourth-order valence-electron chi connectivity index (χ4n) is 1.86. The average Bonchev–Trinajstić information content (AvgIpc) is 2.45. The highest BCUT2D eigenvalue weighted by Gasteiger charge is 2.45. The molecule has 0 radical (unpaired) electrons. The Labute approximate surface area is 122 Å². The standard InChI is InChI=1S/C13H19BrO4S/c1-4-13(14,19(16,17)5-2)12(15)10-6-8-11(18-3)9-7-10/h6-9,12,15H,4-5H2,1-3H3/t12-,13-/m1/s1. The number of alkyl halides is 1. The zero-order valence-electron chi connectivity index (χ0n) is 11.3. The highest BCUT2D eigenvalue weighted by molar-refractivity contribution is 9.11. The molecule has 1 aromatic carbocycles. The Hall–Kier alpha value is -0.590. The van der Waals surface area contributed by atoms with Crippen LogP contribution >= 0.6 is 15.9 Å². The van der Waals surface area contributed by atoms with Crippen molar-refractivity contribution in [2.75, 3.05) is 12.9 Å². The number of methoxy groups -OCH3 is 1. The lowest BCUT2D eigenvalue weighted by Gasteiger charge is -2.31. The molecule has 6 heteroatoms. The molecule has 108 valence electrons. The lowest BCUT2D eigenvalue weighted by molar-refractivity contribution is 0.160. The molecule has 19 heavy (non-hydrogen) atoms. The molecule has 0 saturated heterocycles. The SMILES string of the molecule is CC[C@](Br)([C@H](O)c1ccc(OC)cc1)S(=O)(=O)CC. The third-order valence-electron chi connectivity index (χ3n) is 3.22. The van der Waals surface area contributed by atoms with Crippen molar-refractivity contribution in [3.63, 3.8) is 0 Å². The smallest absolute Gasteiger partial charge is 0.168 e. The van der Waals surface area contributed by atoms with Gasteiger partial charge in [0.15, 0.2) is 13.5 Å². The Bertz CT molecular complexity index is 512. The summed E-state index contributed by atoms with van der Waals surface area (Å²) in [5.74, 6) is 0.630. The van der Waals surface area contributed by atoms with Crippen LogP contribution in [0.3, 0.4) is 0 Å². The highest BCUT2D eigenvalue weighted by Crippen LogP contribution is 2.42. The van der Waals surface area contributed by atoms with Crippen LogP contribution in [0.4, 0.5) is 0 Å². The average molecular weight is 351 g/mol. The van der Waals surface area contributed by atoms with E-state index < -0.39 is 19.6 Å². The maximum absolute atomic E-state index is 12.2. The molecule has 1 rings (SSSR count). The predicted molar refractivity (Wildman–Crippen MR) is 79.4 cm³/mol. The number of aliphatic hydroxyl groups is 1. The summed E-state index contributed by atoms with van der Waals surface area (Å²) >= 11 is 3.23. The quantitative estimate of drug-likeness (QED) is 0.801. The van der Waals surface area contributed by atoms with E-state index in [9.17, 15) is 13.5 Å². The zero-order valence-corrected chi connectivity index (χ0v) is 13.7. The Morgan fingerprint density at radius 1 is 1.32 bits per heavy atom. The van der Waals surface area contributed by atoms with Gasteiger partial charge in [-0.1, -0.05) is 41.9 Å². The summed E-state index contributed by atoms with van der Waals surface area (Å²) in [6.07, 6.45) is -0.857. The van der Waals surface area contributed by atoms with Crippen molar-refractivity contribution >= 4 is 25.8 Å². The Balaban J connectivity index is 3.17. The molecule has 0 aliphatic heterocycles. The topological polar surface area (TPSA) is 63.6 Å². The number of aliphatic hydroxyl groups excluding tert-OH is 1. The number of hydrogen-bond donors (Lipinski definition) is 1. The Kier molecular flexibility index (Phi) is 5.41. The number of benzene rings is 1. The van der Waals surface area contributed by atoms with Crippen molar-refractivity contribution < 1.29 is 18.3 Å². The fraction of sp³-hybridized carbons (Fsp3) is 0.538. The zero-order chi connectivity index (χ0) is 14.7. The molecule has 1 aromatic rings. The fourth-order valence-corrected chi connectivity index (χ4v) is 4.21. The van der Waals surface area contributed by atoms with E-state index in [2.05, 4.69) is 15.9 Å². The molecule has 0 unspecified atom stereocenters. The molecule has 1 N–H and O–H groups in total. The predicted octanol–water partition coefficient (Wildman–Crippen LogP) is 2.66. The van der Waals surface area contributed by atoms with E-state index in [0.717, 1.165) is 0 Å². The molecule has 0 fully saturated rings. The van der Waals surface area contributed by atoms with Crippen molar-refractivity contribution in [2.24, 2.45) is 0 Å². The highest BCUT2D eigenvalue weighted by atomic mass is 79.9. The van der Waals surface area contributed by atoms with Gasteiger partial charge in [0, 0.05) is 5.75 Å². The molecule has 4 nitrogen and oxygen atoms in total. The number of ether oxygens (including phenoxy) is 1. The van der Waals surface area contributed by atoms with Crippen molar-refractivity contribution in [1.82, 2.24) is 0 Å². The molecular weight excluding hydrogens is 332 g/mol. The van der Waals surface area contributed by atoms with Gasteiger partial charge in [-0.2, -0.15) is 0 Å². The molecule has 0 aliphatic rings. The van der Waals surface area contributed by atoms with Crippen LogP contribution in [0.2, 0.25) is 0 Å². The van der Waals surface area contributed by atoms with Gasteiger partial charge in [-0.15, -0.1) is 0 Å². The normalized spacial score (nSPS) is 16.7. The van der Waals surface area contributed by atoms with Gasteiger partial charge in [0.1, 0.15) is 11.9 Å². The number of rotatable bonds is 6.